The maximum absolute atomic E-state index is 12.6. The van der Waals surface area contributed by atoms with E-state index in [1.54, 1.807) is 6.07 Å². The number of carbonyl (C=O) groups excluding carboxylic acids is 1. The average molecular weight is 379 g/mol. The summed E-state index contributed by atoms with van der Waals surface area (Å²) in [7, 11) is 0. The second kappa shape index (κ2) is 8.02. The van der Waals surface area contributed by atoms with Gasteiger partial charge in [0, 0.05) is 18.2 Å². The van der Waals surface area contributed by atoms with Gasteiger partial charge in [-0.25, -0.2) is 0 Å². The van der Waals surface area contributed by atoms with Crippen molar-refractivity contribution in [2.24, 2.45) is 0 Å². The zero-order valence-electron chi connectivity index (χ0n) is 16.3. The van der Waals surface area contributed by atoms with Gasteiger partial charge >= 0.3 is 0 Å². The molecule has 1 saturated heterocycles. The molecule has 3 aromatic rings. The minimum atomic E-state index is -0.241. The van der Waals surface area contributed by atoms with Gasteiger partial charge < -0.3 is 14.3 Å². The van der Waals surface area contributed by atoms with Gasteiger partial charge in [0.25, 0.3) is 5.91 Å². The molecular formula is C22H25N3O3. The summed E-state index contributed by atoms with van der Waals surface area (Å²) in [6.07, 6.45) is 2.35. The highest BCUT2D eigenvalue weighted by molar-refractivity contribution is 5.93. The van der Waals surface area contributed by atoms with Crippen molar-refractivity contribution in [3.8, 4) is 11.3 Å². The molecule has 2 aromatic heterocycles. The van der Waals surface area contributed by atoms with Crippen LogP contribution in [-0.2, 0) is 0 Å². The number of amides is 1. The minimum Gasteiger partial charge on any atom is -0.465 e. The second-order valence-corrected chi connectivity index (χ2v) is 7.36. The lowest BCUT2D eigenvalue weighted by Gasteiger charge is -2.25. The Hall–Kier alpha value is -2.86. The predicted octanol–water partition coefficient (Wildman–Crippen LogP) is 4.12. The van der Waals surface area contributed by atoms with E-state index in [-0.39, 0.29) is 17.6 Å². The Morgan fingerprint density at radius 1 is 1.14 bits per heavy atom. The van der Waals surface area contributed by atoms with E-state index in [9.17, 15) is 4.79 Å². The fraction of sp³-hybridized carbons (Fsp3) is 0.364. The Morgan fingerprint density at radius 2 is 1.89 bits per heavy atom. The van der Waals surface area contributed by atoms with Crippen molar-refractivity contribution in [3.63, 3.8) is 0 Å². The van der Waals surface area contributed by atoms with Crippen LogP contribution in [0.1, 0.15) is 46.5 Å². The van der Waals surface area contributed by atoms with Crippen LogP contribution in [0, 0.1) is 13.8 Å². The van der Waals surface area contributed by atoms with Crippen LogP contribution < -0.4 is 5.32 Å². The molecule has 1 N–H and O–H groups in total. The third kappa shape index (κ3) is 4.02. The van der Waals surface area contributed by atoms with E-state index in [1.165, 1.54) is 18.4 Å². The lowest BCUT2D eigenvalue weighted by molar-refractivity contribution is 0.0924. The zero-order valence-corrected chi connectivity index (χ0v) is 16.3. The Bertz CT molecular complexity index is 936. The number of likely N-dealkylation sites (tertiary alicyclic amines) is 1. The first-order valence-corrected chi connectivity index (χ1v) is 9.72. The number of furan rings is 1. The fourth-order valence-electron chi connectivity index (χ4n) is 3.61. The lowest BCUT2D eigenvalue weighted by atomic mass is 10.1. The molecule has 0 unspecified atom stereocenters. The van der Waals surface area contributed by atoms with Gasteiger partial charge in [0.15, 0.2) is 11.5 Å². The smallest absolute Gasteiger partial charge is 0.273 e. The molecule has 6 heteroatoms. The third-order valence-corrected chi connectivity index (χ3v) is 5.21. The first kappa shape index (κ1) is 18.5. The molecule has 1 aliphatic rings. The first-order valence-electron chi connectivity index (χ1n) is 9.72. The molecule has 6 nitrogen and oxygen atoms in total. The number of rotatable bonds is 6. The molecule has 0 aliphatic carbocycles. The topological polar surface area (TPSA) is 71.5 Å². The van der Waals surface area contributed by atoms with Crippen LogP contribution in [0.5, 0.6) is 0 Å². The molecule has 0 bridgehead atoms. The van der Waals surface area contributed by atoms with Crippen LogP contribution in [0.4, 0.5) is 0 Å². The summed E-state index contributed by atoms with van der Waals surface area (Å²) in [5, 5.41) is 6.94. The highest BCUT2D eigenvalue weighted by Gasteiger charge is 2.27. The van der Waals surface area contributed by atoms with Gasteiger partial charge in [-0.1, -0.05) is 35.0 Å². The molecule has 0 spiro atoms. The van der Waals surface area contributed by atoms with Crippen LogP contribution in [-0.4, -0.2) is 35.6 Å². The number of hydrogen-bond donors (Lipinski definition) is 1. The molecule has 0 radical (unpaired) electrons. The van der Waals surface area contributed by atoms with Crippen molar-refractivity contribution in [2.75, 3.05) is 19.6 Å². The highest BCUT2D eigenvalue weighted by Crippen LogP contribution is 2.26. The van der Waals surface area contributed by atoms with E-state index in [4.69, 9.17) is 8.94 Å². The van der Waals surface area contributed by atoms with Gasteiger partial charge in [0.2, 0.25) is 0 Å². The quantitative estimate of drug-likeness (QED) is 0.698. The summed E-state index contributed by atoms with van der Waals surface area (Å²) < 4.78 is 11.2. The number of carbonyl (C=O) groups is 1. The molecule has 1 aromatic carbocycles. The van der Waals surface area contributed by atoms with Crippen LogP contribution in [0.25, 0.3) is 11.3 Å². The highest BCUT2D eigenvalue weighted by atomic mass is 16.5. The average Bonchev–Trinajstić information content (AvgIpc) is 3.44. The van der Waals surface area contributed by atoms with E-state index in [0.29, 0.717) is 12.3 Å². The zero-order chi connectivity index (χ0) is 19.5. The SMILES string of the molecule is Cc1ccc(-c2cc(C(=O)NC[C@@H](c3ccc(C)o3)N3CCCC3)no2)cc1. The Labute approximate surface area is 164 Å². The summed E-state index contributed by atoms with van der Waals surface area (Å²) in [6.45, 7) is 6.47. The number of nitrogens with one attached hydrogen (secondary N) is 1. The number of nitrogens with zero attached hydrogens (tertiary/aromatic N) is 2. The van der Waals surface area contributed by atoms with Crippen molar-refractivity contribution in [1.82, 2.24) is 15.4 Å². The molecule has 4 rings (SSSR count). The summed E-state index contributed by atoms with van der Waals surface area (Å²) in [6, 6.07) is 13.6. The number of hydrogen-bond acceptors (Lipinski definition) is 5. The molecular weight excluding hydrogens is 354 g/mol. The van der Waals surface area contributed by atoms with Gasteiger partial charge in [-0.3, -0.25) is 9.69 Å². The van der Waals surface area contributed by atoms with Gasteiger partial charge in [-0.05, 0) is 51.9 Å². The molecule has 1 aliphatic heterocycles. The van der Waals surface area contributed by atoms with Crippen molar-refractivity contribution >= 4 is 5.91 Å². The van der Waals surface area contributed by atoms with Gasteiger partial charge in [-0.15, -0.1) is 0 Å². The largest absolute Gasteiger partial charge is 0.465 e. The maximum Gasteiger partial charge on any atom is 0.273 e. The molecule has 3 heterocycles. The number of benzene rings is 1. The lowest BCUT2D eigenvalue weighted by Crippen LogP contribution is -2.36. The number of aromatic nitrogens is 1. The van der Waals surface area contributed by atoms with Crippen LogP contribution >= 0.6 is 0 Å². The van der Waals surface area contributed by atoms with E-state index in [0.717, 1.165) is 30.2 Å². The molecule has 1 fully saturated rings. The molecule has 28 heavy (non-hydrogen) atoms. The fourth-order valence-corrected chi connectivity index (χ4v) is 3.61. The molecule has 1 amide bonds. The summed E-state index contributed by atoms with van der Waals surface area (Å²) in [5.74, 6) is 2.11. The number of aryl methyl sites for hydroxylation is 2. The van der Waals surface area contributed by atoms with Gasteiger partial charge in [-0.2, -0.15) is 0 Å². The molecule has 0 saturated carbocycles. The van der Waals surface area contributed by atoms with Crippen molar-refractivity contribution < 1.29 is 13.7 Å². The first-order chi connectivity index (χ1) is 13.6. The third-order valence-electron chi connectivity index (χ3n) is 5.21. The minimum absolute atomic E-state index is 0.0311. The van der Waals surface area contributed by atoms with Crippen LogP contribution in [0.3, 0.4) is 0 Å². The monoisotopic (exact) mass is 379 g/mol. The van der Waals surface area contributed by atoms with E-state index in [1.807, 2.05) is 50.2 Å². The Morgan fingerprint density at radius 3 is 2.57 bits per heavy atom. The summed E-state index contributed by atoms with van der Waals surface area (Å²) >= 11 is 0. The van der Waals surface area contributed by atoms with E-state index in [2.05, 4.69) is 15.4 Å². The molecule has 1 atom stereocenters. The second-order valence-electron chi connectivity index (χ2n) is 7.36. The van der Waals surface area contributed by atoms with Gasteiger partial charge in [0.05, 0.1) is 6.04 Å². The van der Waals surface area contributed by atoms with Crippen molar-refractivity contribution in [2.45, 2.75) is 32.7 Å². The van der Waals surface area contributed by atoms with Crippen LogP contribution in [0.2, 0.25) is 0 Å². The Kier molecular flexibility index (Phi) is 5.30. The normalized spacial score (nSPS) is 15.6. The standard InChI is InChI=1S/C22H25N3O3/c1-15-5-8-17(9-6-15)21-13-18(24-28-21)22(26)23-14-19(25-11-3-4-12-25)20-10-7-16(2)27-20/h5-10,13,19H,3-4,11-12,14H2,1-2H3,(H,23,26)/t19-/m0/s1. The van der Waals surface area contributed by atoms with Crippen LogP contribution in [0.15, 0.2) is 51.4 Å². The van der Waals surface area contributed by atoms with Gasteiger partial charge in [0.1, 0.15) is 11.5 Å². The Balaban J connectivity index is 1.44. The van der Waals surface area contributed by atoms with E-state index < -0.39 is 0 Å². The predicted molar refractivity (Wildman–Crippen MR) is 106 cm³/mol. The summed E-state index contributed by atoms with van der Waals surface area (Å²) in [5.41, 5.74) is 2.35. The van der Waals surface area contributed by atoms with Crippen molar-refractivity contribution in [3.05, 3.63) is 65.2 Å². The molecule has 146 valence electrons. The van der Waals surface area contributed by atoms with E-state index >= 15 is 0 Å². The van der Waals surface area contributed by atoms with Crippen molar-refractivity contribution in [1.29, 1.82) is 0 Å². The maximum atomic E-state index is 12.6. The summed E-state index contributed by atoms with van der Waals surface area (Å²) in [4.78, 5) is 15.0.